The molecule has 1 heterocycles. The number of nitrogens with zero attached hydrogens (tertiary/aromatic N) is 1. The van der Waals surface area contributed by atoms with E-state index in [9.17, 15) is 10.1 Å². The van der Waals surface area contributed by atoms with Crippen LogP contribution in [0.5, 0.6) is 0 Å². The average molecular weight is 572 g/mol. The summed E-state index contributed by atoms with van der Waals surface area (Å²) < 4.78 is 25.4. The fraction of sp³-hybridized carbons (Fsp3) is 0.273. The second-order valence-corrected chi connectivity index (χ2v) is 10.9. The number of benzene rings is 4. The number of hydrogen-bond acceptors (Lipinski definition) is 7. The highest BCUT2D eigenvalue weighted by Gasteiger charge is 2.54. The zero-order chi connectivity index (χ0) is 28.3. The highest BCUT2D eigenvalue weighted by Crippen LogP contribution is 2.37. The third-order valence-electron chi connectivity index (χ3n) is 6.82. The van der Waals surface area contributed by atoms with E-state index in [1.54, 1.807) is 0 Å². The number of rotatable bonds is 13. The predicted molar refractivity (Wildman–Crippen MR) is 158 cm³/mol. The molecule has 1 aliphatic rings. The molecule has 0 radical (unpaired) electrons. The molecule has 4 aromatic carbocycles. The van der Waals surface area contributed by atoms with Crippen molar-refractivity contribution in [2.24, 2.45) is 0 Å². The molecule has 0 N–H and O–H groups in total. The van der Waals surface area contributed by atoms with Crippen molar-refractivity contribution in [3.05, 3.63) is 148 Å². The number of ether oxygens (including phenoxy) is 4. The van der Waals surface area contributed by atoms with Crippen LogP contribution in [0.4, 0.5) is 0 Å². The molecule has 0 bridgehead atoms. The first-order valence-electron chi connectivity index (χ1n) is 13.6. The standard InChI is InChI=1S/C33H33NO6S/c35-34(36)30-32(39-23-27-17-9-3-10-18-27)31(38-22-26-15-7-2-8-16-26)29(24-37-21-25-13-5-1-6-14-25)40-33(30)41-28-19-11-4-12-20-28/h1-20,29-33H,21-24H2/t29-,30-,31-,32-,33+/m1/s1. The molecule has 1 fully saturated rings. The van der Waals surface area contributed by atoms with E-state index < -0.39 is 29.8 Å². The van der Waals surface area contributed by atoms with Gasteiger partial charge >= 0.3 is 0 Å². The summed E-state index contributed by atoms with van der Waals surface area (Å²) in [5.74, 6) is 0. The quantitative estimate of drug-likeness (QED) is 0.133. The second kappa shape index (κ2) is 14.9. The molecule has 0 spiro atoms. The molecule has 7 nitrogen and oxygen atoms in total. The lowest BCUT2D eigenvalue weighted by Crippen LogP contribution is -2.62. The van der Waals surface area contributed by atoms with Crippen molar-refractivity contribution in [3.63, 3.8) is 0 Å². The Bertz CT molecular complexity index is 1330. The monoisotopic (exact) mass is 571 g/mol. The molecule has 41 heavy (non-hydrogen) atoms. The largest absolute Gasteiger partial charge is 0.374 e. The zero-order valence-corrected chi connectivity index (χ0v) is 23.4. The van der Waals surface area contributed by atoms with Crippen LogP contribution in [0.25, 0.3) is 0 Å². The Balaban J connectivity index is 1.43. The van der Waals surface area contributed by atoms with E-state index in [2.05, 4.69) is 0 Å². The van der Waals surface area contributed by atoms with Gasteiger partial charge in [-0.2, -0.15) is 0 Å². The lowest BCUT2D eigenvalue weighted by Gasteiger charge is -2.42. The van der Waals surface area contributed by atoms with Crippen LogP contribution in [0, 0.1) is 10.1 Å². The highest BCUT2D eigenvalue weighted by atomic mass is 32.2. The summed E-state index contributed by atoms with van der Waals surface area (Å²) in [6.45, 7) is 1.05. The van der Waals surface area contributed by atoms with Gasteiger partial charge in [-0.1, -0.05) is 121 Å². The molecule has 0 aromatic heterocycles. The van der Waals surface area contributed by atoms with Crippen molar-refractivity contribution in [1.29, 1.82) is 0 Å². The van der Waals surface area contributed by atoms with Gasteiger partial charge in [-0.15, -0.1) is 0 Å². The Labute approximate surface area is 244 Å². The first kappa shape index (κ1) is 29.0. The number of thioether (sulfide) groups is 1. The van der Waals surface area contributed by atoms with Crippen LogP contribution in [0.2, 0.25) is 0 Å². The zero-order valence-electron chi connectivity index (χ0n) is 22.6. The van der Waals surface area contributed by atoms with Crippen LogP contribution in [-0.4, -0.2) is 41.3 Å². The second-order valence-electron chi connectivity index (χ2n) is 9.77. The van der Waals surface area contributed by atoms with Gasteiger partial charge in [0.05, 0.1) is 26.4 Å². The predicted octanol–water partition coefficient (Wildman–Crippen LogP) is 6.54. The Hall–Kier alpha value is -3.53. The summed E-state index contributed by atoms with van der Waals surface area (Å²) in [5, 5.41) is 12.6. The van der Waals surface area contributed by atoms with E-state index in [-0.39, 0.29) is 24.7 Å². The van der Waals surface area contributed by atoms with Gasteiger partial charge in [0.25, 0.3) is 6.04 Å². The van der Waals surface area contributed by atoms with E-state index in [4.69, 9.17) is 18.9 Å². The summed E-state index contributed by atoms with van der Waals surface area (Å²) in [6.07, 6.45) is -2.22. The summed E-state index contributed by atoms with van der Waals surface area (Å²) >= 11 is 1.32. The summed E-state index contributed by atoms with van der Waals surface area (Å²) in [4.78, 5) is 13.2. The lowest BCUT2D eigenvalue weighted by molar-refractivity contribution is -0.555. The maximum atomic E-state index is 12.6. The molecular weight excluding hydrogens is 538 g/mol. The average Bonchev–Trinajstić information content (AvgIpc) is 3.01. The van der Waals surface area contributed by atoms with E-state index >= 15 is 0 Å². The maximum absolute atomic E-state index is 12.6. The van der Waals surface area contributed by atoms with Crippen molar-refractivity contribution in [2.45, 2.75) is 54.5 Å². The Morgan fingerprint density at radius 1 is 0.659 bits per heavy atom. The van der Waals surface area contributed by atoms with Crippen LogP contribution in [0.15, 0.2) is 126 Å². The van der Waals surface area contributed by atoms with Crippen molar-refractivity contribution < 1.29 is 23.9 Å². The van der Waals surface area contributed by atoms with Gasteiger partial charge in [0, 0.05) is 9.82 Å². The maximum Gasteiger partial charge on any atom is 0.276 e. The van der Waals surface area contributed by atoms with Gasteiger partial charge in [0.15, 0.2) is 11.5 Å². The van der Waals surface area contributed by atoms with E-state index in [1.165, 1.54) is 11.8 Å². The van der Waals surface area contributed by atoms with Gasteiger partial charge < -0.3 is 18.9 Å². The van der Waals surface area contributed by atoms with Gasteiger partial charge in [0.1, 0.15) is 12.2 Å². The number of hydrogen-bond donors (Lipinski definition) is 0. The molecule has 0 aliphatic carbocycles. The Kier molecular flexibility index (Phi) is 10.5. The summed E-state index contributed by atoms with van der Waals surface area (Å²) in [5.41, 5.74) is 2.10. The highest BCUT2D eigenvalue weighted by molar-refractivity contribution is 7.99. The number of nitro groups is 1. The molecule has 5 rings (SSSR count). The van der Waals surface area contributed by atoms with Crippen LogP contribution < -0.4 is 0 Å². The smallest absolute Gasteiger partial charge is 0.276 e. The fourth-order valence-corrected chi connectivity index (χ4v) is 5.95. The Morgan fingerprint density at radius 3 is 1.63 bits per heavy atom. The third kappa shape index (κ3) is 8.25. The topological polar surface area (TPSA) is 80.1 Å². The van der Waals surface area contributed by atoms with E-state index in [0.717, 1.165) is 21.6 Å². The van der Waals surface area contributed by atoms with Crippen molar-refractivity contribution in [1.82, 2.24) is 0 Å². The molecule has 4 aromatic rings. The minimum Gasteiger partial charge on any atom is -0.374 e. The minimum atomic E-state index is -1.17. The molecule has 1 saturated heterocycles. The van der Waals surface area contributed by atoms with Gasteiger partial charge in [-0.05, 0) is 28.8 Å². The summed E-state index contributed by atoms with van der Waals surface area (Å²) in [6, 6.07) is 37.6. The van der Waals surface area contributed by atoms with Crippen molar-refractivity contribution in [2.75, 3.05) is 6.61 Å². The van der Waals surface area contributed by atoms with Crippen molar-refractivity contribution >= 4 is 11.8 Å². The lowest BCUT2D eigenvalue weighted by atomic mass is 9.97. The Morgan fingerprint density at radius 2 is 1.12 bits per heavy atom. The molecule has 212 valence electrons. The van der Waals surface area contributed by atoms with Gasteiger partial charge in [-0.25, -0.2) is 0 Å². The SMILES string of the molecule is O=[N+]([O-])[C@@H]1[C@@H](OCc2ccccc2)[C@H](OCc2ccccc2)[C@@H](COCc2ccccc2)O[C@H]1Sc1ccccc1. The third-order valence-corrected chi connectivity index (χ3v) is 7.98. The van der Waals surface area contributed by atoms with E-state index in [0.29, 0.717) is 6.61 Å². The van der Waals surface area contributed by atoms with Gasteiger partial charge in [-0.3, -0.25) is 10.1 Å². The molecule has 1 aliphatic heterocycles. The molecule has 5 atom stereocenters. The van der Waals surface area contributed by atoms with E-state index in [1.807, 2.05) is 121 Å². The van der Waals surface area contributed by atoms with Crippen LogP contribution in [0.1, 0.15) is 16.7 Å². The first-order valence-corrected chi connectivity index (χ1v) is 14.5. The molecule has 0 unspecified atom stereocenters. The molecule has 8 heteroatoms. The van der Waals surface area contributed by atoms with Crippen LogP contribution >= 0.6 is 11.8 Å². The molecular formula is C33H33NO6S. The minimum absolute atomic E-state index is 0.190. The normalized spacial score (nSPS) is 22.3. The molecule has 0 amide bonds. The van der Waals surface area contributed by atoms with Crippen molar-refractivity contribution in [3.8, 4) is 0 Å². The molecule has 0 saturated carbocycles. The van der Waals surface area contributed by atoms with Crippen LogP contribution in [0.3, 0.4) is 0 Å². The van der Waals surface area contributed by atoms with Crippen LogP contribution in [-0.2, 0) is 38.8 Å². The summed E-state index contributed by atoms with van der Waals surface area (Å²) in [7, 11) is 0. The fourth-order valence-electron chi connectivity index (χ4n) is 4.77. The van der Waals surface area contributed by atoms with Gasteiger partial charge in [0.2, 0.25) is 0 Å². The first-order chi connectivity index (χ1) is 20.2.